The van der Waals surface area contributed by atoms with Crippen molar-refractivity contribution in [2.24, 2.45) is 0 Å². The largest absolute Gasteiger partial charge is 0.383 e. The summed E-state index contributed by atoms with van der Waals surface area (Å²) in [5, 5.41) is 14.1. The Bertz CT molecular complexity index is 797. The van der Waals surface area contributed by atoms with E-state index in [4.69, 9.17) is 16.9 Å². The molecule has 3 nitrogen and oxygen atoms in total. The molecule has 4 heteroatoms. The van der Waals surface area contributed by atoms with Gasteiger partial charge >= 0.3 is 0 Å². The molecule has 0 aliphatic heterocycles. The molecular formula is C17H14ClN3. The highest BCUT2D eigenvalue weighted by Gasteiger charge is 2.02. The van der Waals surface area contributed by atoms with E-state index in [1.165, 1.54) is 0 Å². The second kappa shape index (κ2) is 5.90. The van der Waals surface area contributed by atoms with Crippen LogP contribution in [0.15, 0.2) is 54.7 Å². The molecule has 0 atom stereocenters. The van der Waals surface area contributed by atoms with Crippen LogP contribution in [0.3, 0.4) is 0 Å². The van der Waals surface area contributed by atoms with E-state index in [0.717, 1.165) is 34.7 Å². The molecule has 104 valence electrons. The molecule has 0 bridgehead atoms. The van der Waals surface area contributed by atoms with Crippen molar-refractivity contribution in [3.63, 3.8) is 0 Å². The van der Waals surface area contributed by atoms with Crippen LogP contribution in [-0.4, -0.2) is 11.1 Å². The van der Waals surface area contributed by atoms with Crippen molar-refractivity contribution in [2.75, 3.05) is 11.9 Å². The number of fused-ring (bicyclic) bond motifs is 1. The van der Waals surface area contributed by atoms with E-state index in [1.807, 2.05) is 48.5 Å². The molecule has 3 rings (SSSR count). The molecule has 0 aliphatic rings. The van der Waals surface area contributed by atoms with Gasteiger partial charge < -0.3 is 9.88 Å². The maximum absolute atomic E-state index is 8.91. The number of halogens is 1. The number of nitriles is 1. The molecule has 0 radical (unpaired) electrons. The number of hydrogen-bond donors (Lipinski definition) is 1. The van der Waals surface area contributed by atoms with Crippen LogP contribution in [0.25, 0.3) is 10.9 Å². The smallest absolute Gasteiger partial charge is 0.0991 e. The van der Waals surface area contributed by atoms with Gasteiger partial charge in [-0.3, -0.25) is 0 Å². The Labute approximate surface area is 128 Å². The number of nitrogens with zero attached hydrogens (tertiary/aromatic N) is 2. The summed E-state index contributed by atoms with van der Waals surface area (Å²) in [4.78, 5) is 0. The first kappa shape index (κ1) is 13.5. The highest BCUT2D eigenvalue weighted by atomic mass is 35.5. The molecule has 0 unspecified atom stereocenters. The molecule has 0 fully saturated rings. The van der Waals surface area contributed by atoms with E-state index in [1.54, 1.807) is 0 Å². The fraction of sp³-hybridized carbons (Fsp3) is 0.118. The number of anilines is 1. The maximum Gasteiger partial charge on any atom is 0.0991 e. The summed E-state index contributed by atoms with van der Waals surface area (Å²) in [6, 6.07) is 17.7. The molecule has 0 aliphatic carbocycles. The monoisotopic (exact) mass is 295 g/mol. The van der Waals surface area contributed by atoms with E-state index in [0.29, 0.717) is 5.56 Å². The molecule has 0 amide bonds. The van der Waals surface area contributed by atoms with Gasteiger partial charge in [0.15, 0.2) is 0 Å². The van der Waals surface area contributed by atoms with Crippen LogP contribution < -0.4 is 5.32 Å². The van der Waals surface area contributed by atoms with Crippen LogP contribution in [0, 0.1) is 11.3 Å². The maximum atomic E-state index is 8.91. The third-order valence-electron chi connectivity index (χ3n) is 3.43. The third kappa shape index (κ3) is 3.01. The molecule has 1 N–H and O–H groups in total. The van der Waals surface area contributed by atoms with E-state index in [-0.39, 0.29) is 0 Å². The highest BCUT2D eigenvalue weighted by Crippen LogP contribution is 2.18. The zero-order chi connectivity index (χ0) is 14.7. The van der Waals surface area contributed by atoms with E-state index < -0.39 is 0 Å². The summed E-state index contributed by atoms with van der Waals surface area (Å²) in [7, 11) is 0. The zero-order valence-electron chi connectivity index (χ0n) is 11.4. The van der Waals surface area contributed by atoms with Crippen molar-refractivity contribution in [1.82, 2.24) is 4.57 Å². The fourth-order valence-electron chi connectivity index (χ4n) is 2.35. The molecule has 0 saturated heterocycles. The third-order valence-corrected chi connectivity index (χ3v) is 3.68. The number of aromatic nitrogens is 1. The Hall–Kier alpha value is -2.44. The van der Waals surface area contributed by atoms with Gasteiger partial charge in [-0.2, -0.15) is 5.26 Å². The van der Waals surface area contributed by atoms with Gasteiger partial charge in [0.25, 0.3) is 0 Å². The fourth-order valence-corrected chi connectivity index (χ4v) is 2.48. The lowest BCUT2D eigenvalue weighted by atomic mass is 10.2. The van der Waals surface area contributed by atoms with Crippen molar-refractivity contribution in [2.45, 2.75) is 6.54 Å². The molecular weight excluding hydrogens is 282 g/mol. The lowest BCUT2D eigenvalue weighted by Gasteiger charge is -2.08. The molecule has 1 aromatic heterocycles. The summed E-state index contributed by atoms with van der Waals surface area (Å²) >= 11 is 5.86. The first-order valence-electron chi connectivity index (χ1n) is 6.75. The minimum Gasteiger partial charge on any atom is -0.383 e. The minimum atomic E-state index is 0.694. The van der Waals surface area contributed by atoms with Crippen LogP contribution in [0.2, 0.25) is 5.02 Å². The second-order valence-corrected chi connectivity index (χ2v) is 5.26. The predicted molar refractivity (Wildman–Crippen MR) is 86.6 cm³/mol. The molecule has 1 heterocycles. The summed E-state index contributed by atoms with van der Waals surface area (Å²) in [5.41, 5.74) is 2.90. The van der Waals surface area contributed by atoms with Gasteiger partial charge in [-0.1, -0.05) is 11.6 Å². The van der Waals surface area contributed by atoms with Crippen molar-refractivity contribution < 1.29 is 0 Å². The normalized spacial score (nSPS) is 10.5. The lowest BCUT2D eigenvalue weighted by molar-refractivity contribution is 0.757. The minimum absolute atomic E-state index is 0.694. The van der Waals surface area contributed by atoms with Gasteiger partial charge in [-0.05, 0) is 48.5 Å². The van der Waals surface area contributed by atoms with Crippen LogP contribution in [0.1, 0.15) is 5.56 Å². The first-order valence-corrected chi connectivity index (χ1v) is 7.12. The van der Waals surface area contributed by atoms with Crippen molar-refractivity contribution in [3.05, 3.63) is 65.3 Å². The molecule has 21 heavy (non-hydrogen) atoms. The molecule has 3 aromatic rings. The van der Waals surface area contributed by atoms with Crippen LogP contribution in [-0.2, 0) is 6.54 Å². The quantitative estimate of drug-likeness (QED) is 0.780. The standard InChI is InChI=1S/C17H14ClN3/c18-15-2-4-16(5-3-15)20-8-10-21-9-7-14-11-13(12-19)1-6-17(14)21/h1-7,9,11,20H,8,10H2. The van der Waals surface area contributed by atoms with Gasteiger partial charge in [0.2, 0.25) is 0 Å². The summed E-state index contributed by atoms with van der Waals surface area (Å²) in [5.74, 6) is 0. The average Bonchev–Trinajstić information content (AvgIpc) is 2.91. The van der Waals surface area contributed by atoms with Crippen LogP contribution in [0.4, 0.5) is 5.69 Å². The number of rotatable bonds is 4. The van der Waals surface area contributed by atoms with Gasteiger partial charge in [0.05, 0.1) is 11.6 Å². The van der Waals surface area contributed by atoms with Crippen molar-refractivity contribution in [1.29, 1.82) is 5.26 Å². The zero-order valence-corrected chi connectivity index (χ0v) is 12.1. The Kier molecular flexibility index (Phi) is 3.81. The second-order valence-electron chi connectivity index (χ2n) is 4.83. The topological polar surface area (TPSA) is 40.8 Å². The average molecular weight is 296 g/mol. The van der Waals surface area contributed by atoms with Crippen molar-refractivity contribution >= 4 is 28.2 Å². The van der Waals surface area contributed by atoms with E-state index >= 15 is 0 Å². The van der Waals surface area contributed by atoms with E-state index in [2.05, 4.69) is 22.1 Å². The number of hydrogen-bond acceptors (Lipinski definition) is 2. The van der Waals surface area contributed by atoms with Gasteiger partial charge in [-0.15, -0.1) is 0 Å². The Morgan fingerprint density at radius 2 is 1.90 bits per heavy atom. The summed E-state index contributed by atoms with van der Waals surface area (Å²) < 4.78 is 2.18. The van der Waals surface area contributed by atoms with Gasteiger partial charge in [0.1, 0.15) is 0 Å². The van der Waals surface area contributed by atoms with Gasteiger partial charge in [0, 0.05) is 40.9 Å². The summed E-state index contributed by atoms with van der Waals surface area (Å²) in [6.45, 7) is 1.68. The Balaban J connectivity index is 1.68. The number of benzene rings is 2. The molecule has 2 aromatic carbocycles. The Morgan fingerprint density at radius 3 is 2.67 bits per heavy atom. The van der Waals surface area contributed by atoms with Crippen LogP contribution in [0.5, 0.6) is 0 Å². The highest BCUT2D eigenvalue weighted by molar-refractivity contribution is 6.30. The summed E-state index contributed by atoms with van der Waals surface area (Å²) in [6.07, 6.45) is 2.05. The predicted octanol–water partition coefficient (Wildman–Crippen LogP) is 4.28. The van der Waals surface area contributed by atoms with Crippen molar-refractivity contribution in [3.8, 4) is 6.07 Å². The SMILES string of the molecule is N#Cc1ccc2c(ccn2CCNc2ccc(Cl)cc2)c1. The van der Waals surface area contributed by atoms with Gasteiger partial charge in [-0.25, -0.2) is 0 Å². The van der Waals surface area contributed by atoms with E-state index in [9.17, 15) is 0 Å². The molecule has 0 spiro atoms. The first-order chi connectivity index (χ1) is 10.3. The lowest BCUT2D eigenvalue weighted by Crippen LogP contribution is -2.09. The molecule has 0 saturated carbocycles. The number of nitrogens with one attached hydrogen (secondary N) is 1. The van der Waals surface area contributed by atoms with Crippen LogP contribution >= 0.6 is 11.6 Å². The Morgan fingerprint density at radius 1 is 1.10 bits per heavy atom.